The summed E-state index contributed by atoms with van der Waals surface area (Å²) >= 11 is 3.42. The summed E-state index contributed by atoms with van der Waals surface area (Å²) in [5.74, 6) is -0.773. The van der Waals surface area contributed by atoms with Crippen LogP contribution in [0.5, 0.6) is 0 Å². The van der Waals surface area contributed by atoms with Gasteiger partial charge in [0.2, 0.25) is 11.8 Å². The molecule has 0 aromatic heterocycles. The third-order valence-electron chi connectivity index (χ3n) is 6.16. The number of carbonyl (C=O) groups is 2. The highest BCUT2D eigenvalue weighted by Crippen LogP contribution is 2.26. The molecule has 0 radical (unpaired) electrons. The van der Waals surface area contributed by atoms with Crippen LogP contribution >= 0.6 is 15.9 Å². The highest BCUT2D eigenvalue weighted by atomic mass is 79.9. The predicted octanol–water partition coefficient (Wildman–Crippen LogP) is 5.20. The Bertz CT molecular complexity index is 1360. The van der Waals surface area contributed by atoms with E-state index in [2.05, 4.69) is 21.2 Å². The number of carbonyl (C=O) groups excluding carboxylic acids is 2. The third kappa shape index (κ3) is 7.45. The summed E-state index contributed by atoms with van der Waals surface area (Å²) in [5, 5.41) is 2.84. The summed E-state index contributed by atoms with van der Waals surface area (Å²) in [5.41, 5.74) is 2.98. The van der Waals surface area contributed by atoms with Crippen LogP contribution < -0.4 is 9.62 Å². The Hall–Kier alpha value is -3.17. The molecule has 0 aliphatic heterocycles. The maximum Gasteiger partial charge on any atom is 0.264 e. The molecule has 3 aromatic rings. The summed E-state index contributed by atoms with van der Waals surface area (Å²) in [6.07, 6.45) is 0.759. The fraction of sp³-hybridized carbons (Fsp3) is 0.310. The molecule has 0 saturated heterocycles. The summed E-state index contributed by atoms with van der Waals surface area (Å²) in [7, 11) is -4.08. The number of sulfonamides is 1. The first-order valence-corrected chi connectivity index (χ1v) is 14.7. The lowest BCUT2D eigenvalue weighted by atomic mass is 10.1. The minimum absolute atomic E-state index is 0.0885. The molecule has 1 atom stereocenters. The summed E-state index contributed by atoms with van der Waals surface area (Å²) in [6, 6.07) is 20.2. The second kappa shape index (κ2) is 13.1. The lowest BCUT2D eigenvalue weighted by Crippen LogP contribution is -2.51. The molecule has 0 fully saturated rings. The number of amides is 2. The van der Waals surface area contributed by atoms with Crippen molar-refractivity contribution in [2.45, 2.75) is 51.6 Å². The molecule has 0 heterocycles. The molecule has 38 heavy (non-hydrogen) atoms. The minimum atomic E-state index is -4.08. The molecule has 3 aromatic carbocycles. The van der Waals surface area contributed by atoms with E-state index in [1.807, 2.05) is 51.1 Å². The number of hydrogen-bond acceptors (Lipinski definition) is 4. The van der Waals surface area contributed by atoms with Gasteiger partial charge in [-0.3, -0.25) is 13.9 Å². The smallest absolute Gasteiger partial charge is 0.264 e. The zero-order chi connectivity index (χ0) is 27.9. The SMILES string of the molecule is CCCNC(=O)[C@H](C)N(Cc1ccc(Br)cc1)C(=O)CN(c1cccc(C)c1)S(=O)(=O)c1ccc(C)cc1. The molecule has 2 amide bonds. The van der Waals surface area contributed by atoms with Gasteiger partial charge in [-0.2, -0.15) is 0 Å². The van der Waals surface area contributed by atoms with E-state index in [1.54, 1.807) is 49.4 Å². The van der Waals surface area contributed by atoms with Gasteiger partial charge < -0.3 is 10.2 Å². The van der Waals surface area contributed by atoms with Crippen LogP contribution in [0.15, 0.2) is 82.2 Å². The fourth-order valence-electron chi connectivity index (χ4n) is 3.91. The van der Waals surface area contributed by atoms with E-state index >= 15 is 0 Å². The van der Waals surface area contributed by atoms with Crippen molar-refractivity contribution in [3.63, 3.8) is 0 Å². The van der Waals surface area contributed by atoms with Crippen LogP contribution in [0.25, 0.3) is 0 Å². The van der Waals surface area contributed by atoms with E-state index < -0.39 is 28.5 Å². The van der Waals surface area contributed by atoms with Gasteiger partial charge in [0.15, 0.2) is 0 Å². The van der Waals surface area contributed by atoms with Crippen molar-refractivity contribution in [2.75, 3.05) is 17.4 Å². The Balaban J connectivity index is 2.01. The van der Waals surface area contributed by atoms with Crippen molar-refractivity contribution in [2.24, 2.45) is 0 Å². The Morgan fingerprint density at radius 1 is 0.947 bits per heavy atom. The van der Waals surface area contributed by atoms with Crippen LogP contribution in [0.1, 0.15) is 37.0 Å². The van der Waals surface area contributed by atoms with Gasteiger partial charge >= 0.3 is 0 Å². The van der Waals surface area contributed by atoms with E-state index in [0.29, 0.717) is 12.2 Å². The zero-order valence-electron chi connectivity index (χ0n) is 22.1. The highest BCUT2D eigenvalue weighted by Gasteiger charge is 2.32. The molecule has 9 heteroatoms. The predicted molar refractivity (Wildman–Crippen MR) is 154 cm³/mol. The van der Waals surface area contributed by atoms with Crippen LogP contribution in [-0.4, -0.2) is 44.3 Å². The van der Waals surface area contributed by atoms with Gasteiger partial charge in [-0.1, -0.05) is 64.8 Å². The van der Waals surface area contributed by atoms with Gasteiger partial charge in [0, 0.05) is 17.6 Å². The first-order valence-electron chi connectivity index (χ1n) is 12.5. The van der Waals surface area contributed by atoms with Crippen molar-refractivity contribution in [3.8, 4) is 0 Å². The van der Waals surface area contributed by atoms with E-state index in [9.17, 15) is 18.0 Å². The number of rotatable bonds is 11. The van der Waals surface area contributed by atoms with Crippen molar-refractivity contribution in [1.29, 1.82) is 0 Å². The molecule has 0 aliphatic rings. The molecule has 0 aliphatic carbocycles. The number of anilines is 1. The van der Waals surface area contributed by atoms with Crippen molar-refractivity contribution in [1.82, 2.24) is 10.2 Å². The maximum absolute atomic E-state index is 13.9. The average Bonchev–Trinajstić information content (AvgIpc) is 2.89. The van der Waals surface area contributed by atoms with Crippen LogP contribution in [0.2, 0.25) is 0 Å². The Labute approximate surface area is 234 Å². The first-order chi connectivity index (χ1) is 18.0. The molecule has 0 spiro atoms. The number of aryl methyl sites for hydroxylation is 2. The Kier molecular flexibility index (Phi) is 10.1. The van der Waals surface area contributed by atoms with Crippen molar-refractivity contribution >= 4 is 43.5 Å². The molecule has 0 saturated carbocycles. The first kappa shape index (κ1) is 29.4. The van der Waals surface area contributed by atoms with Crippen LogP contribution in [0, 0.1) is 13.8 Å². The number of nitrogens with one attached hydrogen (secondary N) is 1. The Morgan fingerprint density at radius 3 is 2.21 bits per heavy atom. The summed E-state index contributed by atoms with van der Waals surface area (Å²) < 4.78 is 29.7. The maximum atomic E-state index is 13.9. The number of hydrogen-bond donors (Lipinski definition) is 1. The molecular formula is C29H34BrN3O4S. The average molecular weight is 601 g/mol. The monoisotopic (exact) mass is 599 g/mol. The van der Waals surface area contributed by atoms with Crippen molar-refractivity contribution in [3.05, 3.63) is 94.0 Å². The van der Waals surface area contributed by atoms with Gasteiger partial charge in [0.05, 0.1) is 10.6 Å². The molecule has 0 unspecified atom stereocenters. The number of nitrogens with zero attached hydrogens (tertiary/aromatic N) is 2. The fourth-order valence-corrected chi connectivity index (χ4v) is 5.58. The molecule has 202 valence electrons. The molecule has 0 bridgehead atoms. The Morgan fingerprint density at radius 2 is 1.61 bits per heavy atom. The lowest BCUT2D eigenvalue weighted by molar-refractivity contribution is -0.139. The molecule has 1 N–H and O–H groups in total. The van der Waals surface area contributed by atoms with Crippen LogP contribution in [0.3, 0.4) is 0 Å². The minimum Gasteiger partial charge on any atom is -0.354 e. The number of halogens is 1. The number of benzene rings is 3. The summed E-state index contributed by atoms with van der Waals surface area (Å²) in [4.78, 5) is 28.3. The van der Waals surface area contributed by atoms with Gasteiger partial charge in [0.1, 0.15) is 12.6 Å². The van der Waals surface area contributed by atoms with Crippen molar-refractivity contribution < 1.29 is 18.0 Å². The second-order valence-electron chi connectivity index (χ2n) is 9.28. The van der Waals surface area contributed by atoms with Crippen LogP contribution in [0.4, 0.5) is 5.69 Å². The van der Waals surface area contributed by atoms with E-state index in [-0.39, 0.29) is 17.3 Å². The van der Waals surface area contributed by atoms with Gasteiger partial charge in [-0.15, -0.1) is 0 Å². The molecular weight excluding hydrogens is 566 g/mol. The standard InChI is InChI=1S/C29H34BrN3O4S/c1-5-17-31-29(35)23(4)32(19-24-11-13-25(30)14-12-24)28(34)20-33(26-8-6-7-22(3)18-26)38(36,37)27-15-9-21(2)10-16-27/h6-16,18,23H,5,17,19-20H2,1-4H3,(H,31,35)/t23-/m0/s1. The summed E-state index contributed by atoms with van der Waals surface area (Å²) in [6.45, 7) is 7.53. The highest BCUT2D eigenvalue weighted by molar-refractivity contribution is 9.10. The topological polar surface area (TPSA) is 86.8 Å². The van der Waals surface area contributed by atoms with Crippen LogP contribution in [-0.2, 0) is 26.2 Å². The largest absolute Gasteiger partial charge is 0.354 e. The normalized spacial score (nSPS) is 12.0. The third-order valence-corrected chi connectivity index (χ3v) is 8.48. The van der Waals surface area contributed by atoms with E-state index in [0.717, 1.165) is 31.9 Å². The second-order valence-corrected chi connectivity index (χ2v) is 12.1. The van der Waals surface area contributed by atoms with E-state index in [1.165, 1.54) is 4.90 Å². The van der Waals surface area contributed by atoms with Gasteiger partial charge in [-0.25, -0.2) is 8.42 Å². The zero-order valence-corrected chi connectivity index (χ0v) is 24.6. The molecule has 3 rings (SSSR count). The lowest BCUT2D eigenvalue weighted by Gasteiger charge is -2.32. The van der Waals surface area contributed by atoms with E-state index in [4.69, 9.17) is 0 Å². The molecule has 7 nitrogen and oxygen atoms in total. The quantitative estimate of drug-likeness (QED) is 0.328. The van der Waals surface area contributed by atoms with Gasteiger partial charge in [-0.05, 0) is 74.7 Å². The van der Waals surface area contributed by atoms with Gasteiger partial charge in [0.25, 0.3) is 10.0 Å².